The molecule has 0 radical (unpaired) electrons. The fraction of sp³-hybridized carbons (Fsp3) is 0.579. The van der Waals surface area contributed by atoms with Gasteiger partial charge in [-0.25, -0.2) is 4.90 Å². The van der Waals surface area contributed by atoms with E-state index in [1.165, 1.54) is 21.9 Å². The second-order valence-corrected chi connectivity index (χ2v) is 7.77. The van der Waals surface area contributed by atoms with Crippen molar-refractivity contribution in [3.8, 4) is 0 Å². The lowest BCUT2D eigenvalue weighted by atomic mass is 9.81. The molecule has 1 aromatic carbocycles. The number of nitro groups is 1. The predicted molar refractivity (Wildman–Crippen MR) is 98.2 cm³/mol. The highest BCUT2D eigenvalue weighted by atomic mass is 16.6. The number of fused-ring (bicyclic) bond motifs is 1. The average Bonchev–Trinajstić information content (AvgIpc) is 2.94. The van der Waals surface area contributed by atoms with E-state index in [-0.39, 0.29) is 29.3 Å². The lowest BCUT2D eigenvalue weighted by Gasteiger charge is -2.34. The predicted octanol–water partition coefficient (Wildman–Crippen LogP) is 0.432. The topological polar surface area (TPSA) is 88.2 Å². The third kappa shape index (κ3) is 3.41. The van der Waals surface area contributed by atoms with Gasteiger partial charge in [-0.2, -0.15) is 0 Å². The summed E-state index contributed by atoms with van der Waals surface area (Å²) in [5.74, 6) is -0.0795. The monoisotopic (exact) mass is 373 g/mol. The first-order valence-corrected chi connectivity index (χ1v) is 9.73. The SMILES string of the molecule is O=C1[C@H]2CCCC[C@@H]2C(=O)N1C[NH+]1CCN(c2ccc([N+](=O)[O-])cc2)CC1. The average molecular weight is 373 g/mol. The van der Waals surface area contributed by atoms with Crippen LogP contribution in [0.3, 0.4) is 0 Å². The second kappa shape index (κ2) is 7.26. The summed E-state index contributed by atoms with van der Waals surface area (Å²) in [5.41, 5.74) is 1.06. The molecule has 0 spiro atoms. The van der Waals surface area contributed by atoms with Crippen LogP contribution in [0.25, 0.3) is 0 Å². The number of hydrogen-bond donors (Lipinski definition) is 1. The van der Waals surface area contributed by atoms with E-state index in [4.69, 9.17) is 0 Å². The number of nitrogens with one attached hydrogen (secondary N) is 1. The number of non-ortho nitro benzene ring substituents is 1. The number of amides is 2. The van der Waals surface area contributed by atoms with Gasteiger partial charge in [0.05, 0.1) is 42.9 Å². The third-order valence-electron chi connectivity index (χ3n) is 6.21. The summed E-state index contributed by atoms with van der Waals surface area (Å²) < 4.78 is 0. The zero-order valence-electron chi connectivity index (χ0n) is 15.3. The van der Waals surface area contributed by atoms with Crippen LogP contribution in [0.2, 0.25) is 0 Å². The first kappa shape index (κ1) is 17.9. The first-order chi connectivity index (χ1) is 13.0. The highest BCUT2D eigenvalue weighted by Crippen LogP contribution is 2.37. The largest absolute Gasteiger partial charge is 0.360 e. The van der Waals surface area contributed by atoms with Gasteiger partial charge in [0, 0.05) is 17.8 Å². The Morgan fingerprint density at radius 2 is 1.56 bits per heavy atom. The molecule has 2 heterocycles. The minimum absolute atomic E-state index is 0.0370. The quantitative estimate of drug-likeness (QED) is 0.470. The molecule has 1 aromatic rings. The molecule has 1 saturated carbocycles. The highest BCUT2D eigenvalue weighted by molar-refractivity contribution is 6.05. The molecular weight excluding hydrogens is 348 g/mol. The fourth-order valence-corrected chi connectivity index (χ4v) is 4.63. The minimum Gasteiger partial charge on any atom is -0.360 e. The van der Waals surface area contributed by atoms with Crippen molar-refractivity contribution in [2.24, 2.45) is 11.8 Å². The van der Waals surface area contributed by atoms with E-state index in [1.54, 1.807) is 12.1 Å². The summed E-state index contributed by atoms with van der Waals surface area (Å²) in [6.07, 6.45) is 3.81. The zero-order valence-corrected chi connectivity index (χ0v) is 15.3. The van der Waals surface area contributed by atoms with Crippen LogP contribution >= 0.6 is 0 Å². The summed E-state index contributed by atoms with van der Waals surface area (Å²) in [4.78, 5) is 40.6. The standard InChI is InChI=1S/C19H24N4O4/c24-18-16-3-1-2-4-17(16)19(25)22(18)13-20-9-11-21(12-10-20)14-5-7-15(8-6-14)23(26)27/h5-8,16-17H,1-4,9-13H2/p+1/t16-,17-/m0/s1. The van der Waals surface area contributed by atoms with Crippen molar-refractivity contribution in [3.63, 3.8) is 0 Å². The lowest BCUT2D eigenvalue weighted by Crippen LogP contribution is -3.16. The van der Waals surface area contributed by atoms with Crippen molar-refractivity contribution in [3.05, 3.63) is 34.4 Å². The van der Waals surface area contributed by atoms with E-state index < -0.39 is 4.92 Å². The Hall–Kier alpha value is -2.48. The number of carbonyl (C=O) groups is 2. The molecule has 27 heavy (non-hydrogen) atoms. The van der Waals surface area contributed by atoms with Crippen LogP contribution in [0.5, 0.6) is 0 Å². The van der Waals surface area contributed by atoms with E-state index in [9.17, 15) is 19.7 Å². The molecule has 1 aliphatic carbocycles. The maximum absolute atomic E-state index is 12.6. The van der Waals surface area contributed by atoms with Crippen molar-refractivity contribution >= 4 is 23.2 Å². The van der Waals surface area contributed by atoms with E-state index in [0.29, 0.717) is 6.67 Å². The maximum Gasteiger partial charge on any atom is 0.269 e. The van der Waals surface area contributed by atoms with Gasteiger partial charge in [-0.3, -0.25) is 19.7 Å². The molecule has 2 aliphatic heterocycles. The fourth-order valence-electron chi connectivity index (χ4n) is 4.63. The van der Waals surface area contributed by atoms with Crippen LogP contribution in [0.15, 0.2) is 24.3 Å². The van der Waals surface area contributed by atoms with Gasteiger partial charge in [0.1, 0.15) is 0 Å². The van der Waals surface area contributed by atoms with Gasteiger partial charge in [-0.15, -0.1) is 0 Å². The third-order valence-corrected chi connectivity index (χ3v) is 6.21. The Morgan fingerprint density at radius 1 is 1.00 bits per heavy atom. The summed E-state index contributed by atoms with van der Waals surface area (Å²) in [7, 11) is 0. The van der Waals surface area contributed by atoms with Gasteiger partial charge in [0.15, 0.2) is 6.67 Å². The summed E-state index contributed by atoms with van der Waals surface area (Å²) >= 11 is 0. The molecular formula is C19H25N4O4+. The molecule has 0 unspecified atom stereocenters. The summed E-state index contributed by atoms with van der Waals surface area (Å²) in [6.45, 7) is 3.75. The molecule has 4 rings (SSSR count). The number of anilines is 1. The number of hydrogen-bond acceptors (Lipinski definition) is 5. The first-order valence-electron chi connectivity index (χ1n) is 9.73. The Balaban J connectivity index is 1.33. The number of rotatable bonds is 4. The number of nitro benzene ring substituents is 1. The number of likely N-dealkylation sites (tertiary alicyclic amines) is 1. The Labute approximate surface area is 157 Å². The summed E-state index contributed by atoms with van der Waals surface area (Å²) in [6, 6.07) is 6.61. The van der Waals surface area contributed by atoms with Gasteiger partial charge < -0.3 is 9.80 Å². The number of nitrogens with zero attached hydrogens (tertiary/aromatic N) is 3. The maximum atomic E-state index is 12.6. The Morgan fingerprint density at radius 3 is 2.07 bits per heavy atom. The highest BCUT2D eigenvalue weighted by Gasteiger charge is 2.49. The van der Waals surface area contributed by atoms with Crippen molar-refractivity contribution in [1.82, 2.24) is 4.90 Å². The van der Waals surface area contributed by atoms with E-state index in [2.05, 4.69) is 4.90 Å². The molecule has 3 fully saturated rings. The smallest absolute Gasteiger partial charge is 0.269 e. The normalized spacial score (nSPS) is 26.4. The molecule has 2 saturated heterocycles. The van der Waals surface area contributed by atoms with Crippen LogP contribution < -0.4 is 9.80 Å². The molecule has 2 atom stereocenters. The lowest BCUT2D eigenvalue weighted by molar-refractivity contribution is -0.908. The Kier molecular flexibility index (Phi) is 4.82. The molecule has 1 N–H and O–H groups in total. The van der Waals surface area contributed by atoms with Gasteiger partial charge in [-0.05, 0) is 25.0 Å². The molecule has 8 heteroatoms. The molecule has 0 bridgehead atoms. The van der Waals surface area contributed by atoms with Crippen molar-refractivity contribution in [2.45, 2.75) is 25.7 Å². The van der Waals surface area contributed by atoms with Crippen LogP contribution in [0.1, 0.15) is 25.7 Å². The van der Waals surface area contributed by atoms with Gasteiger partial charge in [0.25, 0.3) is 5.69 Å². The van der Waals surface area contributed by atoms with Crippen molar-refractivity contribution in [1.29, 1.82) is 0 Å². The number of quaternary nitrogens is 1. The number of benzene rings is 1. The van der Waals surface area contributed by atoms with Crippen LogP contribution in [0.4, 0.5) is 11.4 Å². The molecule has 2 amide bonds. The van der Waals surface area contributed by atoms with E-state index in [1.807, 2.05) is 0 Å². The second-order valence-electron chi connectivity index (χ2n) is 7.77. The van der Waals surface area contributed by atoms with E-state index >= 15 is 0 Å². The zero-order chi connectivity index (χ0) is 19.0. The summed E-state index contributed by atoms with van der Waals surface area (Å²) in [5, 5.41) is 10.8. The molecule has 3 aliphatic rings. The molecule has 8 nitrogen and oxygen atoms in total. The van der Waals surface area contributed by atoms with Gasteiger partial charge >= 0.3 is 0 Å². The minimum atomic E-state index is -0.395. The number of imide groups is 1. The number of carbonyl (C=O) groups excluding carboxylic acids is 2. The molecule has 144 valence electrons. The van der Waals surface area contributed by atoms with Crippen LogP contribution in [-0.2, 0) is 9.59 Å². The van der Waals surface area contributed by atoms with Crippen molar-refractivity contribution in [2.75, 3.05) is 37.7 Å². The van der Waals surface area contributed by atoms with Crippen LogP contribution in [-0.4, -0.2) is 54.5 Å². The Bertz CT molecular complexity index is 719. The van der Waals surface area contributed by atoms with Crippen molar-refractivity contribution < 1.29 is 19.4 Å². The van der Waals surface area contributed by atoms with Gasteiger partial charge in [0.2, 0.25) is 11.8 Å². The van der Waals surface area contributed by atoms with E-state index in [0.717, 1.165) is 57.5 Å². The molecule has 0 aromatic heterocycles. The number of piperazine rings is 1. The van der Waals surface area contributed by atoms with Crippen LogP contribution in [0, 0.1) is 22.0 Å². The van der Waals surface area contributed by atoms with Gasteiger partial charge in [-0.1, -0.05) is 12.8 Å².